The van der Waals surface area contributed by atoms with E-state index in [9.17, 15) is 9.59 Å². The van der Waals surface area contributed by atoms with E-state index in [-0.39, 0.29) is 10.6 Å². The number of rotatable bonds is 9. The summed E-state index contributed by atoms with van der Waals surface area (Å²) in [6, 6.07) is 20.7. The number of hydroxylamine groups is 1. The third-order valence-corrected chi connectivity index (χ3v) is 5.12. The van der Waals surface area contributed by atoms with E-state index >= 15 is 0 Å². The molecule has 3 aromatic rings. The van der Waals surface area contributed by atoms with Crippen molar-refractivity contribution in [1.82, 2.24) is 10.8 Å². The van der Waals surface area contributed by atoms with Gasteiger partial charge in [-0.1, -0.05) is 48.9 Å². The molecule has 0 fully saturated rings. The number of hydrogen-bond acceptors (Lipinski definition) is 5. The minimum absolute atomic E-state index is 0.227. The zero-order chi connectivity index (χ0) is 24.3. The third kappa shape index (κ3) is 7.10. The number of ether oxygens (including phenoxy) is 1. The Hall–Kier alpha value is -3.81. The summed E-state index contributed by atoms with van der Waals surface area (Å²) in [4.78, 5) is 30.0. The van der Waals surface area contributed by atoms with Crippen LogP contribution in [0.1, 0.15) is 34.8 Å². The summed E-state index contributed by atoms with van der Waals surface area (Å²) in [6.07, 6.45) is 2.89. The van der Waals surface area contributed by atoms with Gasteiger partial charge in [0.25, 0.3) is 5.91 Å². The number of imide groups is 1. The molecule has 7 nitrogen and oxygen atoms in total. The van der Waals surface area contributed by atoms with Crippen molar-refractivity contribution >= 4 is 34.9 Å². The van der Waals surface area contributed by atoms with Gasteiger partial charge in [-0.2, -0.15) is 0 Å². The smallest absolute Gasteiger partial charge is 0.326 e. The summed E-state index contributed by atoms with van der Waals surface area (Å²) < 4.78 is 5.20. The molecule has 8 heteroatoms. The van der Waals surface area contributed by atoms with Crippen LogP contribution in [0.4, 0.5) is 10.5 Å². The predicted octanol–water partition coefficient (Wildman–Crippen LogP) is 5.78. The molecule has 3 rings (SSSR count). The van der Waals surface area contributed by atoms with Gasteiger partial charge in [0, 0.05) is 5.69 Å². The molecule has 3 aromatic carbocycles. The van der Waals surface area contributed by atoms with Crippen molar-refractivity contribution in [3.8, 4) is 5.75 Å². The summed E-state index contributed by atoms with van der Waals surface area (Å²) in [6.45, 7) is 2.36. The van der Waals surface area contributed by atoms with E-state index in [0.717, 1.165) is 29.0 Å². The Labute approximate surface area is 203 Å². The summed E-state index contributed by atoms with van der Waals surface area (Å²) in [7, 11) is 1.63. The topological polar surface area (TPSA) is 88.7 Å². The number of allylic oxidation sites excluding steroid dienone is 1. The van der Waals surface area contributed by atoms with Crippen molar-refractivity contribution < 1.29 is 19.2 Å². The number of hydrogen-bond donors (Lipinski definition) is 3. The van der Waals surface area contributed by atoms with Gasteiger partial charge in [-0.25, -0.2) is 4.79 Å². The Morgan fingerprint density at radius 2 is 1.68 bits per heavy atom. The number of urea groups is 1. The number of carbonyl (C=O) groups excluding carboxylic acids is 2. The van der Waals surface area contributed by atoms with Crippen LogP contribution in [-0.4, -0.2) is 19.0 Å². The molecule has 0 aliphatic rings. The first kappa shape index (κ1) is 24.8. The first-order chi connectivity index (χ1) is 16.5. The van der Waals surface area contributed by atoms with E-state index in [2.05, 4.69) is 23.0 Å². The third-order valence-electron chi connectivity index (χ3n) is 4.79. The van der Waals surface area contributed by atoms with E-state index in [4.69, 9.17) is 21.2 Å². The van der Waals surface area contributed by atoms with Crippen molar-refractivity contribution in [1.29, 1.82) is 0 Å². The number of halogens is 1. The number of anilines is 1. The standard InChI is InChI=1S/C26H26ClN3O4/c1-3-6-24(19-11-15-21(33-2)16-12-19)30-34-17-18-9-13-20(14-10-18)28-26(32)29-25(31)22-7-4-5-8-23(22)27/h4-16,30H,3,17H2,1-2H3,(H2,28,29,31,32). The zero-order valence-corrected chi connectivity index (χ0v) is 19.7. The van der Waals surface area contributed by atoms with Crippen molar-refractivity contribution in [2.45, 2.75) is 20.0 Å². The van der Waals surface area contributed by atoms with Gasteiger partial charge in [0.15, 0.2) is 0 Å². The molecule has 0 heterocycles. The average molecular weight is 480 g/mol. The van der Waals surface area contributed by atoms with Gasteiger partial charge >= 0.3 is 6.03 Å². The van der Waals surface area contributed by atoms with Gasteiger partial charge in [-0.3, -0.25) is 20.4 Å². The maximum atomic E-state index is 12.2. The van der Waals surface area contributed by atoms with Gasteiger partial charge in [-0.15, -0.1) is 0 Å². The Kier molecular flexibility index (Phi) is 9.08. The van der Waals surface area contributed by atoms with Crippen molar-refractivity contribution in [3.63, 3.8) is 0 Å². The fraction of sp³-hybridized carbons (Fsp3) is 0.154. The molecule has 3 N–H and O–H groups in total. The molecule has 0 unspecified atom stereocenters. The van der Waals surface area contributed by atoms with Crippen LogP contribution in [0.2, 0.25) is 5.02 Å². The Balaban J connectivity index is 1.50. The van der Waals surface area contributed by atoms with Gasteiger partial charge in [0.05, 0.1) is 30.0 Å². The molecule has 0 aliphatic carbocycles. The molecule has 176 valence electrons. The lowest BCUT2D eigenvalue weighted by atomic mass is 10.1. The number of nitrogens with one attached hydrogen (secondary N) is 3. The monoisotopic (exact) mass is 479 g/mol. The first-order valence-corrected chi connectivity index (χ1v) is 11.1. The lowest BCUT2D eigenvalue weighted by Gasteiger charge is -2.13. The minimum Gasteiger partial charge on any atom is -0.497 e. The van der Waals surface area contributed by atoms with Crippen LogP contribution < -0.4 is 20.9 Å². The molecule has 0 radical (unpaired) electrons. The van der Waals surface area contributed by atoms with Crippen LogP contribution in [0, 0.1) is 0 Å². The molecule has 0 bridgehead atoms. The van der Waals surface area contributed by atoms with E-state index in [0.29, 0.717) is 12.3 Å². The number of amides is 3. The summed E-state index contributed by atoms with van der Waals surface area (Å²) in [5.41, 5.74) is 6.51. The average Bonchev–Trinajstić information content (AvgIpc) is 2.85. The number of carbonyl (C=O) groups is 2. The Morgan fingerprint density at radius 1 is 0.971 bits per heavy atom. The summed E-state index contributed by atoms with van der Waals surface area (Å²) in [5, 5.41) is 5.15. The van der Waals surface area contributed by atoms with Crippen LogP contribution >= 0.6 is 11.6 Å². The molecular weight excluding hydrogens is 454 g/mol. The van der Waals surface area contributed by atoms with Gasteiger partial charge < -0.3 is 10.1 Å². The fourth-order valence-corrected chi connectivity index (χ4v) is 3.27. The maximum Gasteiger partial charge on any atom is 0.326 e. The van der Waals surface area contributed by atoms with Crippen molar-refractivity contribution in [2.75, 3.05) is 12.4 Å². The van der Waals surface area contributed by atoms with E-state index < -0.39 is 11.9 Å². The number of benzene rings is 3. The normalized spacial score (nSPS) is 11.0. The SMILES string of the molecule is CCC=C(NOCc1ccc(NC(=O)NC(=O)c2ccccc2Cl)cc1)c1ccc(OC)cc1. The highest BCUT2D eigenvalue weighted by Gasteiger charge is 2.13. The quantitative estimate of drug-likeness (QED) is 0.338. The molecule has 0 saturated carbocycles. The van der Waals surface area contributed by atoms with Crippen LogP contribution in [0.25, 0.3) is 5.70 Å². The highest BCUT2D eigenvalue weighted by Crippen LogP contribution is 2.18. The predicted molar refractivity (Wildman–Crippen MR) is 134 cm³/mol. The minimum atomic E-state index is -0.649. The fourth-order valence-electron chi connectivity index (χ4n) is 3.05. The summed E-state index contributed by atoms with van der Waals surface area (Å²) >= 11 is 5.99. The lowest BCUT2D eigenvalue weighted by molar-refractivity contribution is 0.0645. The highest BCUT2D eigenvalue weighted by molar-refractivity contribution is 6.34. The second-order valence-corrected chi connectivity index (χ2v) is 7.64. The molecule has 0 saturated heterocycles. The Bertz CT molecular complexity index is 1150. The number of methoxy groups -OCH3 is 1. The molecule has 0 aromatic heterocycles. The van der Waals surface area contributed by atoms with E-state index in [1.54, 1.807) is 43.5 Å². The first-order valence-electron chi connectivity index (χ1n) is 10.7. The van der Waals surface area contributed by atoms with Crippen molar-refractivity contribution in [3.05, 3.63) is 101 Å². The second-order valence-electron chi connectivity index (χ2n) is 7.23. The van der Waals surface area contributed by atoms with Gasteiger partial charge in [0.1, 0.15) is 5.75 Å². The van der Waals surface area contributed by atoms with E-state index in [1.807, 2.05) is 42.5 Å². The van der Waals surface area contributed by atoms with Crippen LogP contribution in [-0.2, 0) is 11.4 Å². The highest BCUT2D eigenvalue weighted by atomic mass is 35.5. The molecule has 0 spiro atoms. The molecular formula is C26H26ClN3O4. The molecule has 3 amide bonds. The molecule has 34 heavy (non-hydrogen) atoms. The molecule has 0 atom stereocenters. The zero-order valence-electron chi connectivity index (χ0n) is 18.9. The van der Waals surface area contributed by atoms with Crippen molar-refractivity contribution in [2.24, 2.45) is 0 Å². The lowest BCUT2D eigenvalue weighted by Crippen LogP contribution is -2.34. The molecule has 0 aliphatic heterocycles. The van der Waals surface area contributed by atoms with Crippen LogP contribution in [0.3, 0.4) is 0 Å². The van der Waals surface area contributed by atoms with Crippen LogP contribution in [0.5, 0.6) is 5.75 Å². The van der Waals surface area contributed by atoms with Crippen LogP contribution in [0.15, 0.2) is 78.9 Å². The summed E-state index contributed by atoms with van der Waals surface area (Å²) in [5.74, 6) is 0.211. The maximum absolute atomic E-state index is 12.2. The van der Waals surface area contributed by atoms with Gasteiger partial charge in [-0.05, 0) is 66.1 Å². The largest absolute Gasteiger partial charge is 0.497 e. The van der Waals surface area contributed by atoms with E-state index in [1.165, 1.54) is 0 Å². The van der Waals surface area contributed by atoms with Gasteiger partial charge in [0.2, 0.25) is 0 Å². The Morgan fingerprint density at radius 3 is 2.32 bits per heavy atom. The second kappa shape index (κ2) is 12.4.